The molecule has 1 aromatic rings. The molecule has 0 bridgehead atoms. The Hall–Kier alpha value is -1.64. The normalized spacial score (nSPS) is 13.9. The lowest BCUT2D eigenvalue weighted by Crippen LogP contribution is -2.20. The first-order chi connectivity index (χ1) is 7.24. The number of unbranched alkanes of at least 4 members (excludes halogenated alkanes) is 1. The summed E-state index contributed by atoms with van der Waals surface area (Å²) in [4.78, 5) is 22.9. The van der Waals surface area contributed by atoms with Gasteiger partial charge in [-0.1, -0.05) is 25.5 Å². The summed E-state index contributed by atoms with van der Waals surface area (Å²) >= 11 is 0. The van der Waals surface area contributed by atoms with Crippen LogP contribution in [-0.2, 0) is 6.42 Å². The number of hydrogen-bond donors (Lipinski definition) is 1. The Labute approximate surface area is 88.5 Å². The van der Waals surface area contributed by atoms with Crippen LogP contribution in [-0.4, -0.2) is 11.8 Å². The van der Waals surface area contributed by atoms with Crippen molar-refractivity contribution in [1.29, 1.82) is 0 Å². The monoisotopic (exact) mass is 203 g/mol. The molecular weight excluding hydrogens is 190 g/mol. The number of aryl methyl sites for hydroxylation is 1. The summed E-state index contributed by atoms with van der Waals surface area (Å²) in [5.74, 6) is -0.518. The highest BCUT2D eigenvalue weighted by atomic mass is 16.2. The topological polar surface area (TPSA) is 46.2 Å². The molecule has 0 saturated heterocycles. The highest BCUT2D eigenvalue weighted by molar-refractivity contribution is 6.22. The number of carbonyl (C=O) groups is 2. The molecule has 3 heteroatoms. The predicted molar refractivity (Wildman–Crippen MR) is 56.9 cm³/mol. The summed E-state index contributed by atoms with van der Waals surface area (Å²) in [6.45, 7) is 2.11. The molecule has 0 saturated carbocycles. The van der Waals surface area contributed by atoms with Gasteiger partial charge in [0.15, 0.2) is 0 Å². The third kappa shape index (κ3) is 1.65. The zero-order valence-electron chi connectivity index (χ0n) is 8.67. The smallest absolute Gasteiger partial charge is 0.259 e. The van der Waals surface area contributed by atoms with E-state index in [4.69, 9.17) is 0 Å². The fourth-order valence-electron chi connectivity index (χ4n) is 1.87. The van der Waals surface area contributed by atoms with Crippen LogP contribution in [0, 0.1) is 0 Å². The average Bonchev–Trinajstić information content (AvgIpc) is 2.53. The second kappa shape index (κ2) is 3.85. The molecule has 78 valence electrons. The third-order valence-corrected chi connectivity index (χ3v) is 2.65. The number of benzene rings is 1. The molecular formula is C12H13NO2. The molecule has 0 aromatic heterocycles. The van der Waals surface area contributed by atoms with Crippen LogP contribution in [0.15, 0.2) is 18.2 Å². The van der Waals surface area contributed by atoms with Gasteiger partial charge in [0.2, 0.25) is 0 Å². The van der Waals surface area contributed by atoms with Crippen LogP contribution >= 0.6 is 0 Å². The zero-order valence-corrected chi connectivity index (χ0v) is 8.67. The van der Waals surface area contributed by atoms with Crippen LogP contribution in [0.25, 0.3) is 0 Å². The molecule has 2 amide bonds. The van der Waals surface area contributed by atoms with Crippen molar-refractivity contribution in [2.45, 2.75) is 26.2 Å². The maximum absolute atomic E-state index is 11.5. The van der Waals surface area contributed by atoms with E-state index in [1.54, 1.807) is 6.07 Å². The van der Waals surface area contributed by atoms with Crippen molar-refractivity contribution in [2.24, 2.45) is 0 Å². The molecule has 0 spiro atoms. The van der Waals surface area contributed by atoms with Gasteiger partial charge in [0, 0.05) is 0 Å². The second-order valence-corrected chi connectivity index (χ2v) is 3.73. The van der Waals surface area contributed by atoms with Crippen molar-refractivity contribution in [2.75, 3.05) is 0 Å². The Balaban J connectivity index is 2.41. The van der Waals surface area contributed by atoms with E-state index in [-0.39, 0.29) is 11.8 Å². The Morgan fingerprint density at radius 1 is 1.20 bits per heavy atom. The second-order valence-electron chi connectivity index (χ2n) is 3.73. The van der Waals surface area contributed by atoms with Gasteiger partial charge in [0.05, 0.1) is 11.1 Å². The lowest BCUT2D eigenvalue weighted by atomic mass is 9.99. The molecule has 15 heavy (non-hydrogen) atoms. The maximum Gasteiger partial charge on any atom is 0.259 e. The minimum absolute atomic E-state index is 0.248. The summed E-state index contributed by atoms with van der Waals surface area (Å²) in [5.41, 5.74) is 2.09. The Kier molecular flexibility index (Phi) is 2.54. The molecule has 1 aliphatic heterocycles. The van der Waals surface area contributed by atoms with E-state index < -0.39 is 0 Å². The lowest BCUT2D eigenvalue weighted by Gasteiger charge is -2.03. The van der Waals surface area contributed by atoms with Crippen LogP contribution in [0.5, 0.6) is 0 Å². The van der Waals surface area contributed by atoms with E-state index in [1.807, 2.05) is 12.1 Å². The van der Waals surface area contributed by atoms with Crippen LogP contribution in [0.3, 0.4) is 0 Å². The van der Waals surface area contributed by atoms with Crippen molar-refractivity contribution >= 4 is 11.8 Å². The van der Waals surface area contributed by atoms with Gasteiger partial charge in [0.1, 0.15) is 0 Å². The van der Waals surface area contributed by atoms with Gasteiger partial charge < -0.3 is 0 Å². The predicted octanol–water partition coefficient (Wildman–Crippen LogP) is 1.91. The standard InChI is InChI=1S/C12H13NO2/c1-2-3-5-8-6-4-7-9-10(8)12(15)13-11(9)14/h4,6-7H,2-3,5H2,1H3,(H,13,14,15). The van der Waals surface area contributed by atoms with Crippen molar-refractivity contribution in [3.8, 4) is 0 Å². The molecule has 0 unspecified atom stereocenters. The van der Waals surface area contributed by atoms with Crippen LogP contribution < -0.4 is 5.32 Å². The Morgan fingerprint density at radius 3 is 2.73 bits per heavy atom. The number of fused-ring (bicyclic) bond motifs is 1. The fourth-order valence-corrected chi connectivity index (χ4v) is 1.87. The highest BCUT2D eigenvalue weighted by Gasteiger charge is 2.28. The van der Waals surface area contributed by atoms with Crippen LogP contribution in [0.4, 0.5) is 0 Å². The van der Waals surface area contributed by atoms with E-state index in [1.165, 1.54) is 0 Å². The lowest BCUT2D eigenvalue weighted by molar-refractivity contribution is 0.0879. The number of rotatable bonds is 3. The quantitative estimate of drug-likeness (QED) is 0.763. The van der Waals surface area contributed by atoms with E-state index in [2.05, 4.69) is 12.2 Å². The largest absolute Gasteiger partial charge is 0.288 e. The molecule has 1 aliphatic rings. The van der Waals surface area contributed by atoms with Crippen molar-refractivity contribution in [3.63, 3.8) is 0 Å². The first kappa shape index (κ1) is 9.90. The molecule has 1 heterocycles. The molecule has 2 rings (SSSR count). The summed E-state index contributed by atoms with van der Waals surface area (Å²) in [6.07, 6.45) is 2.98. The minimum Gasteiger partial charge on any atom is -0.288 e. The van der Waals surface area contributed by atoms with Crippen molar-refractivity contribution in [1.82, 2.24) is 5.32 Å². The van der Waals surface area contributed by atoms with Gasteiger partial charge >= 0.3 is 0 Å². The van der Waals surface area contributed by atoms with Gasteiger partial charge in [-0.25, -0.2) is 0 Å². The molecule has 0 aliphatic carbocycles. The van der Waals surface area contributed by atoms with E-state index in [0.29, 0.717) is 11.1 Å². The average molecular weight is 203 g/mol. The SMILES string of the molecule is CCCCc1cccc2c1C(=O)NC2=O. The Bertz CT molecular complexity index is 424. The van der Waals surface area contributed by atoms with Gasteiger partial charge in [0.25, 0.3) is 11.8 Å². The molecule has 0 atom stereocenters. The number of amides is 2. The van der Waals surface area contributed by atoms with Gasteiger partial charge in [-0.3, -0.25) is 14.9 Å². The van der Waals surface area contributed by atoms with Gasteiger partial charge in [-0.15, -0.1) is 0 Å². The van der Waals surface area contributed by atoms with Gasteiger partial charge in [-0.2, -0.15) is 0 Å². The van der Waals surface area contributed by atoms with E-state index in [0.717, 1.165) is 24.8 Å². The highest BCUT2D eigenvalue weighted by Crippen LogP contribution is 2.21. The molecule has 3 nitrogen and oxygen atoms in total. The van der Waals surface area contributed by atoms with Crippen LogP contribution in [0.2, 0.25) is 0 Å². The summed E-state index contributed by atoms with van der Waals surface area (Å²) < 4.78 is 0. The first-order valence-electron chi connectivity index (χ1n) is 5.21. The zero-order chi connectivity index (χ0) is 10.8. The number of nitrogens with one attached hydrogen (secondary N) is 1. The maximum atomic E-state index is 11.5. The minimum atomic E-state index is -0.270. The van der Waals surface area contributed by atoms with Crippen molar-refractivity contribution in [3.05, 3.63) is 34.9 Å². The number of hydrogen-bond acceptors (Lipinski definition) is 2. The third-order valence-electron chi connectivity index (χ3n) is 2.65. The molecule has 1 aromatic carbocycles. The molecule has 1 N–H and O–H groups in total. The fraction of sp³-hybridized carbons (Fsp3) is 0.333. The van der Waals surface area contributed by atoms with Crippen LogP contribution in [0.1, 0.15) is 46.0 Å². The van der Waals surface area contributed by atoms with E-state index in [9.17, 15) is 9.59 Å². The number of imide groups is 1. The first-order valence-corrected chi connectivity index (χ1v) is 5.21. The number of carbonyl (C=O) groups excluding carboxylic acids is 2. The van der Waals surface area contributed by atoms with Crippen molar-refractivity contribution < 1.29 is 9.59 Å². The van der Waals surface area contributed by atoms with E-state index >= 15 is 0 Å². The Morgan fingerprint density at radius 2 is 2.00 bits per heavy atom. The van der Waals surface area contributed by atoms with Gasteiger partial charge in [-0.05, 0) is 24.5 Å². The summed E-state index contributed by atoms with van der Waals surface area (Å²) in [7, 11) is 0. The molecule has 0 fully saturated rings. The summed E-state index contributed by atoms with van der Waals surface area (Å²) in [5, 5.41) is 2.32. The molecule has 0 radical (unpaired) electrons. The summed E-state index contributed by atoms with van der Waals surface area (Å²) in [6, 6.07) is 5.46.